The van der Waals surface area contributed by atoms with Gasteiger partial charge in [-0.2, -0.15) is 13.2 Å². The van der Waals surface area contributed by atoms with Crippen LogP contribution in [-0.4, -0.2) is 18.1 Å². The second-order valence-electron chi connectivity index (χ2n) is 6.31. The maximum absolute atomic E-state index is 13.6. The summed E-state index contributed by atoms with van der Waals surface area (Å²) in [5.41, 5.74) is -0.0633. The summed E-state index contributed by atoms with van der Waals surface area (Å²) in [5, 5.41) is 8.45. The van der Waals surface area contributed by atoms with E-state index >= 15 is 0 Å². The van der Waals surface area contributed by atoms with Crippen LogP contribution < -0.4 is 20.7 Å². The number of para-hydroxylation sites is 2. The highest BCUT2D eigenvalue weighted by molar-refractivity contribution is 7.80. The highest BCUT2D eigenvalue weighted by Gasteiger charge is 2.39. The minimum Gasteiger partial charge on any atom is -0.495 e. The van der Waals surface area contributed by atoms with Crippen molar-refractivity contribution in [1.29, 1.82) is 0 Å². The van der Waals surface area contributed by atoms with Crippen LogP contribution in [0.4, 0.5) is 18.9 Å². The van der Waals surface area contributed by atoms with Crippen LogP contribution in [0.3, 0.4) is 0 Å². The summed E-state index contributed by atoms with van der Waals surface area (Å²) in [4.78, 5) is 13.1. The predicted octanol–water partition coefficient (Wildman–Crippen LogP) is 4.15. The Labute approximate surface area is 170 Å². The smallest absolute Gasteiger partial charge is 0.416 e. The van der Waals surface area contributed by atoms with E-state index in [0.29, 0.717) is 17.1 Å². The fourth-order valence-corrected chi connectivity index (χ4v) is 3.44. The van der Waals surface area contributed by atoms with Gasteiger partial charge < -0.3 is 20.7 Å². The Hall–Kier alpha value is -3.07. The van der Waals surface area contributed by atoms with Gasteiger partial charge in [-0.05, 0) is 42.9 Å². The molecule has 1 aliphatic rings. The Bertz CT molecular complexity index is 989. The fraction of sp³-hybridized carbons (Fsp3) is 0.200. The Kier molecular flexibility index (Phi) is 5.78. The monoisotopic (exact) mass is 421 g/mol. The SMILES string of the molecule is COc1ccccc1NC(=O)C1=C(C)NC(=S)NC1c1ccccc1C(F)(F)F. The van der Waals surface area contributed by atoms with Crippen molar-refractivity contribution in [1.82, 2.24) is 10.6 Å². The molecule has 3 rings (SSSR count). The molecular formula is C20H18F3N3O2S. The number of thiocarbonyl (C=S) groups is 1. The normalized spacial score (nSPS) is 16.7. The number of halogens is 3. The highest BCUT2D eigenvalue weighted by atomic mass is 32.1. The number of rotatable bonds is 4. The van der Waals surface area contributed by atoms with E-state index in [0.717, 1.165) is 6.07 Å². The lowest BCUT2D eigenvalue weighted by atomic mass is 9.91. The lowest BCUT2D eigenvalue weighted by Crippen LogP contribution is -2.46. The molecule has 2 aromatic rings. The van der Waals surface area contributed by atoms with Crippen LogP contribution in [0.1, 0.15) is 24.1 Å². The number of ether oxygens (including phenoxy) is 1. The van der Waals surface area contributed by atoms with Crippen LogP contribution in [-0.2, 0) is 11.0 Å². The molecule has 1 unspecified atom stereocenters. The van der Waals surface area contributed by atoms with E-state index in [4.69, 9.17) is 17.0 Å². The second-order valence-corrected chi connectivity index (χ2v) is 6.72. The van der Waals surface area contributed by atoms with Gasteiger partial charge in [0.25, 0.3) is 5.91 Å². The average Bonchev–Trinajstić information content (AvgIpc) is 2.67. The van der Waals surface area contributed by atoms with Crippen molar-refractivity contribution in [2.45, 2.75) is 19.1 Å². The van der Waals surface area contributed by atoms with Crippen molar-refractivity contribution >= 4 is 28.9 Å². The zero-order valence-electron chi connectivity index (χ0n) is 15.6. The third kappa shape index (κ3) is 4.34. The molecule has 0 aromatic heterocycles. The molecule has 0 spiro atoms. The van der Waals surface area contributed by atoms with Crippen LogP contribution in [0.15, 0.2) is 59.8 Å². The van der Waals surface area contributed by atoms with Crippen LogP contribution in [0.25, 0.3) is 0 Å². The molecule has 29 heavy (non-hydrogen) atoms. The summed E-state index contributed by atoms with van der Waals surface area (Å²) in [5.74, 6) is -0.143. The Morgan fingerprint density at radius 1 is 1.14 bits per heavy atom. The third-order valence-corrected chi connectivity index (χ3v) is 4.67. The number of anilines is 1. The molecule has 9 heteroatoms. The summed E-state index contributed by atoms with van der Waals surface area (Å²) in [6.07, 6.45) is -4.58. The summed E-state index contributed by atoms with van der Waals surface area (Å²) < 4.78 is 45.9. The predicted molar refractivity (Wildman–Crippen MR) is 107 cm³/mol. The first-order valence-corrected chi connectivity index (χ1v) is 9.02. The van der Waals surface area contributed by atoms with Crippen LogP contribution in [0.2, 0.25) is 0 Å². The first-order chi connectivity index (χ1) is 13.7. The van der Waals surface area contributed by atoms with E-state index < -0.39 is 23.7 Å². The summed E-state index contributed by atoms with van der Waals surface area (Å²) in [7, 11) is 1.46. The molecule has 1 heterocycles. The standard InChI is InChI=1S/C20H18F3N3O2S/c1-11-16(18(27)25-14-9-5-6-10-15(14)28-2)17(26-19(29)24-11)12-7-3-4-8-13(12)20(21,22)23/h3-10,17H,1-2H3,(H,25,27)(H2,24,26,29). The lowest BCUT2D eigenvalue weighted by Gasteiger charge is -2.31. The first kappa shape index (κ1) is 20.7. The van der Waals surface area contributed by atoms with Crippen molar-refractivity contribution in [3.05, 3.63) is 70.9 Å². The van der Waals surface area contributed by atoms with Gasteiger partial charge in [0, 0.05) is 5.70 Å². The van der Waals surface area contributed by atoms with E-state index in [1.165, 1.54) is 25.3 Å². The molecule has 0 saturated carbocycles. The Morgan fingerprint density at radius 3 is 2.48 bits per heavy atom. The van der Waals surface area contributed by atoms with E-state index in [9.17, 15) is 18.0 Å². The molecule has 152 valence electrons. The molecule has 0 fully saturated rings. The topological polar surface area (TPSA) is 62.4 Å². The molecule has 0 radical (unpaired) electrons. The van der Waals surface area contributed by atoms with Gasteiger partial charge >= 0.3 is 6.18 Å². The number of nitrogens with one attached hydrogen (secondary N) is 3. The Morgan fingerprint density at radius 2 is 1.79 bits per heavy atom. The molecule has 1 atom stereocenters. The van der Waals surface area contributed by atoms with Gasteiger partial charge in [0.05, 0.1) is 30.0 Å². The number of benzene rings is 2. The number of methoxy groups -OCH3 is 1. The maximum atomic E-state index is 13.6. The second kappa shape index (κ2) is 8.12. The van der Waals surface area contributed by atoms with Crippen molar-refractivity contribution in [3.63, 3.8) is 0 Å². The van der Waals surface area contributed by atoms with Crippen molar-refractivity contribution in [3.8, 4) is 5.75 Å². The highest BCUT2D eigenvalue weighted by Crippen LogP contribution is 2.38. The number of allylic oxidation sites excluding steroid dienone is 1. The van der Waals surface area contributed by atoms with Crippen LogP contribution >= 0.6 is 12.2 Å². The van der Waals surface area contributed by atoms with Crippen molar-refractivity contribution in [2.75, 3.05) is 12.4 Å². The fourth-order valence-electron chi connectivity index (χ4n) is 3.17. The van der Waals surface area contributed by atoms with Gasteiger partial charge in [-0.1, -0.05) is 30.3 Å². The largest absolute Gasteiger partial charge is 0.495 e. The molecule has 1 aliphatic heterocycles. The average molecular weight is 421 g/mol. The molecule has 1 amide bonds. The van der Waals surface area contributed by atoms with Gasteiger partial charge in [-0.3, -0.25) is 4.79 Å². The van der Waals surface area contributed by atoms with Crippen molar-refractivity contribution < 1.29 is 22.7 Å². The number of hydrogen-bond donors (Lipinski definition) is 3. The molecule has 0 aliphatic carbocycles. The van der Waals surface area contributed by atoms with Crippen LogP contribution in [0, 0.1) is 0 Å². The summed E-state index contributed by atoms with van der Waals surface area (Å²) in [6.45, 7) is 1.59. The zero-order valence-corrected chi connectivity index (χ0v) is 16.4. The van der Waals surface area contributed by atoms with E-state index in [2.05, 4.69) is 16.0 Å². The molecule has 2 aromatic carbocycles. The first-order valence-electron chi connectivity index (χ1n) is 8.61. The molecular weight excluding hydrogens is 403 g/mol. The number of carbonyl (C=O) groups is 1. The minimum atomic E-state index is -4.58. The number of amides is 1. The Balaban J connectivity index is 2.05. The van der Waals surface area contributed by atoms with Gasteiger partial charge in [-0.25, -0.2) is 0 Å². The third-order valence-electron chi connectivity index (χ3n) is 4.45. The van der Waals surface area contributed by atoms with Crippen molar-refractivity contribution in [2.24, 2.45) is 0 Å². The number of alkyl halides is 3. The lowest BCUT2D eigenvalue weighted by molar-refractivity contribution is -0.138. The van der Waals surface area contributed by atoms with E-state index in [-0.39, 0.29) is 16.2 Å². The minimum absolute atomic E-state index is 0.0895. The van der Waals surface area contributed by atoms with Gasteiger partial charge in [-0.15, -0.1) is 0 Å². The van der Waals surface area contributed by atoms with Gasteiger partial charge in [0.2, 0.25) is 0 Å². The molecule has 3 N–H and O–H groups in total. The van der Waals surface area contributed by atoms with Gasteiger partial charge in [0.15, 0.2) is 5.11 Å². The zero-order chi connectivity index (χ0) is 21.2. The van der Waals surface area contributed by atoms with Gasteiger partial charge in [0.1, 0.15) is 5.75 Å². The van der Waals surface area contributed by atoms with E-state index in [1.54, 1.807) is 31.2 Å². The summed E-state index contributed by atoms with van der Waals surface area (Å²) in [6, 6.07) is 10.8. The quantitative estimate of drug-likeness (QED) is 0.648. The maximum Gasteiger partial charge on any atom is 0.416 e. The molecule has 5 nitrogen and oxygen atoms in total. The van der Waals surface area contributed by atoms with Crippen LogP contribution in [0.5, 0.6) is 5.75 Å². The van der Waals surface area contributed by atoms with E-state index in [1.807, 2.05) is 0 Å². The molecule has 0 saturated heterocycles. The summed E-state index contributed by atoms with van der Waals surface area (Å²) >= 11 is 5.12. The number of hydrogen-bond acceptors (Lipinski definition) is 3. The number of carbonyl (C=O) groups excluding carboxylic acids is 1. The molecule has 0 bridgehead atoms.